The van der Waals surface area contributed by atoms with Gasteiger partial charge in [-0.2, -0.15) is 0 Å². The minimum atomic E-state index is -0.184. The normalized spacial score (nSPS) is 11.2. The highest BCUT2D eigenvalue weighted by Gasteiger charge is 2.13. The molecule has 5 nitrogen and oxygen atoms in total. The molecule has 2 N–H and O–H groups in total. The number of hydrogen-bond donors (Lipinski definition) is 2. The maximum Gasteiger partial charge on any atom is 0.222 e. The van der Waals surface area contributed by atoms with Gasteiger partial charge < -0.3 is 10.6 Å². The Kier molecular flexibility index (Phi) is 4.64. The van der Waals surface area contributed by atoms with Gasteiger partial charge in [-0.3, -0.25) is 9.78 Å². The van der Waals surface area contributed by atoms with Crippen LogP contribution in [0.3, 0.4) is 0 Å². The van der Waals surface area contributed by atoms with E-state index in [-0.39, 0.29) is 11.4 Å². The van der Waals surface area contributed by atoms with E-state index in [9.17, 15) is 4.79 Å². The van der Waals surface area contributed by atoms with Crippen molar-refractivity contribution in [3.63, 3.8) is 0 Å². The van der Waals surface area contributed by atoms with Crippen LogP contribution in [-0.2, 0) is 4.79 Å². The van der Waals surface area contributed by atoms with Crippen LogP contribution in [0.5, 0.6) is 0 Å². The summed E-state index contributed by atoms with van der Waals surface area (Å²) >= 11 is 0. The third-order valence-corrected chi connectivity index (χ3v) is 2.23. The molecule has 100 valence electrons. The summed E-state index contributed by atoms with van der Waals surface area (Å²) < 4.78 is 0. The Balaban J connectivity index is 2.42. The molecule has 1 heterocycles. The quantitative estimate of drug-likeness (QED) is 0.855. The molecule has 0 saturated heterocycles. The molecule has 0 fully saturated rings. The molecule has 0 aliphatic rings. The predicted molar refractivity (Wildman–Crippen MR) is 72.5 cm³/mol. The SMILES string of the molecule is Cc1cnc(C)c(NCCC(=O)NC(C)(C)C)n1. The van der Waals surface area contributed by atoms with Gasteiger partial charge >= 0.3 is 0 Å². The van der Waals surface area contributed by atoms with Gasteiger partial charge in [-0.15, -0.1) is 0 Å². The minimum absolute atomic E-state index is 0.0354. The van der Waals surface area contributed by atoms with Crippen molar-refractivity contribution in [2.45, 2.75) is 46.6 Å². The molecule has 0 radical (unpaired) electrons. The lowest BCUT2D eigenvalue weighted by molar-refractivity contribution is -0.122. The van der Waals surface area contributed by atoms with Crippen molar-refractivity contribution in [1.82, 2.24) is 15.3 Å². The summed E-state index contributed by atoms with van der Waals surface area (Å²) in [6, 6.07) is 0. The number of nitrogens with one attached hydrogen (secondary N) is 2. The summed E-state index contributed by atoms with van der Waals surface area (Å²) in [5.74, 6) is 0.784. The standard InChI is InChI=1S/C13H22N4O/c1-9-8-15-10(2)12(16-9)14-7-6-11(18)17-13(3,4)5/h8H,6-7H2,1-5H3,(H,14,16)(H,17,18). The highest BCUT2D eigenvalue weighted by molar-refractivity contribution is 5.77. The average molecular weight is 250 g/mol. The number of rotatable bonds is 4. The smallest absolute Gasteiger partial charge is 0.222 e. The second kappa shape index (κ2) is 5.80. The molecule has 1 aromatic rings. The van der Waals surface area contributed by atoms with E-state index in [0.717, 1.165) is 17.2 Å². The third-order valence-electron chi connectivity index (χ3n) is 2.23. The van der Waals surface area contributed by atoms with Crippen LogP contribution in [0.4, 0.5) is 5.82 Å². The summed E-state index contributed by atoms with van der Waals surface area (Å²) in [5.41, 5.74) is 1.52. The molecular formula is C13H22N4O. The lowest BCUT2D eigenvalue weighted by atomic mass is 10.1. The number of amides is 1. The number of aryl methyl sites for hydroxylation is 2. The van der Waals surface area contributed by atoms with Gasteiger partial charge in [0.15, 0.2) is 0 Å². The number of aromatic nitrogens is 2. The van der Waals surface area contributed by atoms with Crippen molar-refractivity contribution >= 4 is 11.7 Å². The lowest BCUT2D eigenvalue weighted by Crippen LogP contribution is -2.41. The minimum Gasteiger partial charge on any atom is -0.368 e. The van der Waals surface area contributed by atoms with Crippen LogP contribution in [0.25, 0.3) is 0 Å². The monoisotopic (exact) mass is 250 g/mol. The van der Waals surface area contributed by atoms with Crippen molar-refractivity contribution in [3.05, 3.63) is 17.6 Å². The molecule has 5 heteroatoms. The van der Waals surface area contributed by atoms with Gasteiger partial charge in [-0.25, -0.2) is 4.98 Å². The van der Waals surface area contributed by atoms with Gasteiger partial charge in [-0.1, -0.05) is 0 Å². The van der Waals surface area contributed by atoms with E-state index in [1.165, 1.54) is 0 Å². The molecule has 0 unspecified atom stereocenters. The van der Waals surface area contributed by atoms with Crippen LogP contribution < -0.4 is 10.6 Å². The fourth-order valence-corrected chi connectivity index (χ4v) is 1.48. The van der Waals surface area contributed by atoms with E-state index in [1.54, 1.807) is 6.20 Å². The van der Waals surface area contributed by atoms with Crippen LogP contribution in [0.2, 0.25) is 0 Å². The largest absolute Gasteiger partial charge is 0.368 e. The number of hydrogen-bond acceptors (Lipinski definition) is 4. The Morgan fingerprint density at radius 1 is 1.33 bits per heavy atom. The summed E-state index contributed by atoms with van der Waals surface area (Å²) in [5, 5.41) is 6.05. The molecule has 0 spiro atoms. The number of carbonyl (C=O) groups excluding carboxylic acids is 1. The van der Waals surface area contributed by atoms with E-state index in [0.29, 0.717) is 13.0 Å². The molecule has 1 rings (SSSR count). The average Bonchev–Trinajstić information content (AvgIpc) is 2.20. The molecule has 1 aromatic heterocycles. The van der Waals surface area contributed by atoms with Gasteiger partial charge in [0.2, 0.25) is 5.91 Å². The van der Waals surface area contributed by atoms with Gasteiger partial charge in [0.1, 0.15) is 5.82 Å². The first kappa shape index (κ1) is 14.4. The molecule has 0 atom stereocenters. The second-order valence-corrected chi connectivity index (χ2v) is 5.42. The number of carbonyl (C=O) groups is 1. The van der Waals surface area contributed by atoms with Crippen LogP contribution in [0, 0.1) is 13.8 Å². The summed E-state index contributed by atoms with van der Waals surface area (Å²) in [4.78, 5) is 20.2. The van der Waals surface area contributed by atoms with Crippen LogP contribution >= 0.6 is 0 Å². The van der Waals surface area contributed by atoms with Gasteiger partial charge in [0, 0.05) is 24.7 Å². The summed E-state index contributed by atoms with van der Waals surface area (Å²) in [7, 11) is 0. The van der Waals surface area contributed by atoms with Gasteiger partial charge in [0.25, 0.3) is 0 Å². The number of anilines is 1. The van der Waals surface area contributed by atoms with Gasteiger partial charge in [0.05, 0.1) is 11.4 Å². The van der Waals surface area contributed by atoms with Crippen molar-refractivity contribution in [2.24, 2.45) is 0 Å². The topological polar surface area (TPSA) is 66.9 Å². The Labute approximate surface area is 108 Å². The Bertz CT molecular complexity index is 423. The molecule has 0 aliphatic carbocycles. The van der Waals surface area contributed by atoms with Crippen molar-refractivity contribution in [2.75, 3.05) is 11.9 Å². The first-order chi connectivity index (χ1) is 8.28. The van der Waals surface area contributed by atoms with E-state index in [2.05, 4.69) is 20.6 Å². The zero-order chi connectivity index (χ0) is 13.8. The Hall–Kier alpha value is -1.65. The van der Waals surface area contributed by atoms with E-state index < -0.39 is 0 Å². The summed E-state index contributed by atoms with van der Waals surface area (Å²) in [6.45, 7) is 10.2. The highest BCUT2D eigenvalue weighted by atomic mass is 16.1. The molecule has 0 bridgehead atoms. The number of nitrogens with zero attached hydrogens (tertiary/aromatic N) is 2. The van der Waals surface area contributed by atoms with Crippen LogP contribution in [0.1, 0.15) is 38.6 Å². The van der Waals surface area contributed by atoms with E-state index in [4.69, 9.17) is 0 Å². The first-order valence-corrected chi connectivity index (χ1v) is 6.13. The fraction of sp³-hybridized carbons (Fsp3) is 0.615. The van der Waals surface area contributed by atoms with Crippen LogP contribution in [-0.4, -0.2) is 28.0 Å². The first-order valence-electron chi connectivity index (χ1n) is 6.13. The molecule has 18 heavy (non-hydrogen) atoms. The zero-order valence-electron chi connectivity index (χ0n) is 11.8. The Morgan fingerprint density at radius 2 is 2.00 bits per heavy atom. The fourth-order valence-electron chi connectivity index (χ4n) is 1.48. The molecule has 1 amide bonds. The maximum atomic E-state index is 11.6. The zero-order valence-corrected chi connectivity index (χ0v) is 11.8. The van der Waals surface area contributed by atoms with E-state index >= 15 is 0 Å². The molecule has 0 aromatic carbocycles. The van der Waals surface area contributed by atoms with Crippen molar-refractivity contribution in [3.8, 4) is 0 Å². The van der Waals surface area contributed by atoms with Crippen molar-refractivity contribution < 1.29 is 4.79 Å². The van der Waals surface area contributed by atoms with Crippen molar-refractivity contribution in [1.29, 1.82) is 0 Å². The summed E-state index contributed by atoms with van der Waals surface area (Å²) in [6.07, 6.45) is 2.15. The van der Waals surface area contributed by atoms with E-state index in [1.807, 2.05) is 34.6 Å². The molecule has 0 aliphatic heterocycles. The Morgan fingerprint density at radius 3 is 2.61 bits per heavy atom. The molecule has 0 saturated carbocycles. The highest BCUT2D eigenvalue weighted by Crippen LogP contribution is 2.08. The third kappa shape index (κ3) is 5.12. The van der Waals surface area contributed by atoms with Gasteiger partial charge in [-0.05, 0) is 34.6 Å². The molecular weight excluding hydrogens is 228 g/mol. The predicted octanol–water partition coefficient (Wildman–Crippen LogP) is 1.81. The second-order valence-electron chi connectivity index (χ2n) is 5.42. The maximum absolute atomic E-state index is 11.6. The van der Waals surface area contributed by atoms with Crippen LogP contribution in [0.15, 0.2) is 6.20 Å². The lowest BCUT2D eigenvalue weighted by Gasteiger charge is -2.20.